The third-order valence-corrected chi connectivity index (χ3v) is 5.64. The SMILES string of the molecule is COc1cc(C2CCN(C(C)(C)C)CC2)cc2c1cc(C)c(=O)n2C. The summed E-state index contributed by atoms with van der Waals surface area (Å²) in [5, 5.41) is 1.01. The summed E-state index contributed by atoms with van der Waals surface area (Å²) in [5.41, 5.74) is 3.29. The van der Waals surface area contributed by atoms with E-state index in [4.69, 9.17) is 4.74 Å². The molecular formula is C21H30N2O2. The van der Waals surface area contributed by atoms with Crippen molar-refractivity contribution < 1.29 is 4.74 Å². The third kappa shape index (κ3) is 3.32. The van der Waals surface area contributed by atoms with Crippen LogP contribution in [0.1, 0.15) is 50.7 Å². The molecule has 4 heteroatoms. The highest BCUT2D eigenvalue weighted by atomic mass is 16.5. The number of aryl methyl sites for hydroxylation is 2. The molecule has 136 valence electrons. The van der Waals surface area contributed by atoms with Crippen molar-refractivity contribution >= 4 is 10.9 Å². The number of nitrogens with zero attached hydrogens (tertiary/aromatic N) is 2. The zero-order valence-corrected chi connectivity index (χ0v) is 16.3. The second-order valence-corrected chi connectivity index (χ2v) is 8.28. The second kappa shape index (κ2) is 6.49. The number of rotatable bonds is 2. The number of likely N-dealkylation sites (tertiary alicyclic amines) is 1. The van der Waals surface area contributed by atoms with Gasteiger partial charge in [-0.1, -0.05) is 0 Å². The normalized spacial score (nSPS) is 17.2. The summed E-state index contributed by atoms with van der Waals surface area (Å²) in [5.74, 6) is 1.39. The maximum atomic E-state index is 12.3. The molecule has 1 aliphatic rings. The van der Waals surface area contributed by atoms with Gasteiger partial charge in [-0.2, -0.15) is 0 Å². The highest BCUT2D eigenvalue weighted by Gasteiger charge is 2.28. The summed E-state index contributed by atoms with van der Waals surface area (Å²) in [6, 6.07) is 6.31. The lowest BCUT2D eigenvalue weighted by Crippen LogP contribution is -2.45. The second-order valence-electron chi connectivity index (χ2n) is 8.28. The standard InChI is InChI=1S/C21H30N2O2/c1-14-11-17-18(22(5)20(14)24)12-16(13-19(17)25-6)15-7-9-23(10-8-15)21(2,3)4/h11-13,15H,7-10H2,1-6H3. The molecule has 1 aromatic heterocycles. The van der Waals surface area contributed by atoms with Gasteiger partial charge in [0.15, 0.2) is 0 Å². The monoisotopic (exact) mass is 342 g/mol. The van der Waals surface area contributed by atoms with Crippen molar-refractivity contribution in [2.75, 3.05) is 20.2 Å². The molecule has 0 saturated carbocycles. The van der Waals surface area contributed by atoms with Crippen LogP contribution in [-0.4, -0.2) is 35.2 Å². The van der Waals surface area contributed by atoms with Crippen LogP contribution in [0.4, 0.5) is 0 Å². The summed E-state index contributed by atoms with van der Waals surface area (Å²) in [6.07, 6.45) is 2.29. The van der Waals surface area contributed by atoms with Crippen LogP contribution in [0, 0.1) is 6.92 Å². The summed E-state index contributed by atoms with van der Waals surface area (Å²) in [6.45, 7) is 10.9. The molecule has 0 aliphatic carbocycles. The first kappa shape index (κ1) is 18.0. The Balaban J connectivity index is 2.00. The van der Waals surface area contributed by atoms with Crippen molar-refractivity contribution in [3.63, 3.8) is 0 Å². The number of hydrogen-bond acceptors (Lipinski definition) is 3. The number of aromatic nitrogens is 1. The van der Waals surface area contributed by atoms with E-state index in [9.17, 15) is 4.79 Å². The fourth-order valence-electron chi connectivity index (χ4n) is 4.00. The van der Waals surface area contributed by atoms with Crippen molar-refractivity contribution in [2.45, 2.75) is 52.0 Å². The van der Waals surface area contributed by atoms with Crippen LogP contribution in [0.25, 0.3) is 10.9 Å². The van der Waals surface area contributed by atoms with Crippen LogP contribution in [0.3, 0.4) is 0 Å². The molecule has 0 radical (unpaired) electrons. The summed E-state index contributed by atoms with van der Waals surface area (Å²) < 4.78 is 7.41. The smallest absolute Gasteiger partial charge is 0.253 e. The Hall–Kier alpha value is -1.81. The Morgan fingerprint density at radius 2 is 1.76 bits per heavy atom. The van der Waals surface area contributed by atoms with E-state index in [2.05, 4.69) is 37.8 Å². The van der Waals surface area contributed by atoms with Crippen LogP contribution < -0.4 is 10.3 Å². The summed E-state index contributed by atoms with van der Waals surface area (Å²) >= 11 is 0. The van der Waals surface area contributed by atoms with Gasteiger partial charge in [0.2, 0.25) is 0 Å². The largest absolute Gasteiger partial charge is 0.496 e. The fraction of sp³-hybridized carbons (Fsp3) is 0.571. The Labute approximate surface area is 150 Å². The Morgan fingerprint density at radius 1 is 1.12 bits per heavy atom. The van der Waals surface area contributed by atoms with E-state index in [-0.39, 0.29) is 11.1 Å². The van der Waals surface area contributed by atoms with Gasteiger partial charge in [-0.05, 0) is 83.3 Å². The first-order valence-corrected chi connectivity index (χ1v) is 9.15. The van der Waals surface area contributed by atoms with Gasteiger partial charge in [0.25, 0.3) is 5.56 Å². The molecule has 1 saturated heterocycles. The highest BCUT2D eigenvalue weighted by Crippen LogP contribution is 2.36. The molecule has 25 heavy (non-hydrogen) atoms. The number of ether oxygens (including phenoxy) is 1. The number of fused-ring (bicyclic) bond motifs is 1. The van der Waals surface area contributed by atoms with Crippen LogP contribution in [0.2, 0.25) is 0 Å². The van der Waals surface area contributed by atoms with Crippen molar-refractivity contribution in [3.05, 3.63) is 39.7 Å². The van der Waals surface area contributed by atoms with Crippen LogP contribution in [-0.2, 0) is 7.05 Å². The topological polar surface area (TPSA) is 34.5 Å². The molecule has 1 aliphatic heterocycles. The van der Waals surface area contributed by atoms with E-state index in [0.717, 1.165) is 48.1 Å². The van der Waals surface area contributed by atoms with Crippen LogP contribution >= 0.6 is 0 Å². The zero-order valence-electron chi connectivity index (χ0n) is 16.3. The minimum absolute atomic E-state index is 0.0641. The Kier molecular flexibility index (Phi) is 4.67. The highest BCUT2D eigenvalue weighted by molar-refractivity contribution is 5.87. The van der Waals surface area contributed by atoms with Crippen LogP contribution in [0.15, 0.2) is 23.0 Å². The molecule has 2 aromatic rings. The predicted molar refractivity (Wildman–Crippen MR) is 104 cm³/mol. The van der Waals surface area contributed by atoms with Crippen LogP contribution in [0.5, 0.6) is 5.75 Å². The van der Waals surface area contributed by atoms with Crippen molar-refractivity contribution in [2.24, 2.45) is 7.05 Å². The van der Waals surface area contributed by atoms with Gasteiger partial charge in [-0.3, -0.25) is 9.69 Å². The van der Waals surface area contributed by atoms with Gasteiger partial charge in [0.1, 0.15) is 5.75 Å². The number of hydrogen-bond donors (Lipinski definition) is 0. The van der Waals surface area contributed by atoms with Crippen molar-refractivity contribution in [3.8, 4) is 5.75 Å². The molecule has 1 aromatic carbocycles. The van der Waals surface area contributed by atoms with Gasteiger partial charge in [0, 0.05) is 23.5 Å². The number of benzene rings is 1. The van der Waals surface area contributed by atoms with Crippen molar-refractivity contribution in [1.82, 2.24) is 9.47 Å². The molecule has 0 N–H and O–H groups in total. The van der Waals surface area contributed by atoms with E-state index in [1.807, 2.05) is 20.0 Å². The number of pyridine rings is 1. The van der Waals surface area contributed by atoms with Gasteiger partial charge < -0.3 is 9.30 Å². The van der Waals surface area contributed by atoms with E-state index in [1.54, 1.807) is 11.7 Å². The lowest BCUT2D eigenvalue weighted by atomic mass is 9.87. The lowest BCUT2D eigenvalue weighted by Gasteiger charge is -2.41. The lowest BCUT2D eigenvalue weighted by molar-refractivity contribution is 0.102. The molecular weight excluding hydrogens is 312 g/mol. The molecule has 4 nitrogen and oxygen atoms in total. The minimum Gasteiger partial charge on any atom is -0.496 e. The third-order valence-electron chi connectivity index (χ3n) is 5.64. The first-order valence-electron chi connectivity index (χ1n) is 9.15. The molecule has 0 amide bonds. The average molecular weight is 342 g/mol. The quantitative estimate of drug-likeness (QED) is 0.832. The predicted octanol–water partition coefficient (Wildman–Crippen LogP) is 3.83. The van der Waals surface area contributed by atoms with Gasteiger partial charge in [-0.15, -0.1) is 0 Å². The molecule has 2 heterocycles. The molecule has 3 rings (SSSR count). The summed E-state index contributed by atoms with van der Waals surface area (Å²) in [4.78, 5) is 14.9. The van der Waals surface area contributed by atoms with E-state index in [1.165, 1.54) is 5.56 Å². The zero-order chi connectivity index (χ0) is 18.4. The van der Waals surface area contributed by atoms with E-state index in [0.29, 0.717) is 5.92 Å². The number of methoxy groups -OCH3 is 1. The van der Waals surface area contributed by atoms with Gasteiger partial charge in [-0.25, -0.2) is 0 Å². The molecule has 0 atom stereocenters. The van der Waals surface area contributed by atoms with E-state index >= 15 is 0 Å². The maximum absolute atomic E-state index is 12.3. The van der Waals surface area contributed by atoms with E-state index < -0.39 is 0 Å². The van der Waals surface area contributed by atoms with Gasteiger partial charge >= 0.3 is 0 Å². The maximum Gasteiger partial charge on any atom is 0.253 e. The fourth-order valence-corrected chi connectivity index (χ4v) is 4.00. The first-order chi connectivity index (χ1) is 11.7. The molecule has 1 fully saturated rings. The number of piperidine rings is 1. The van der Waals surface area contributed by atoms with Gasteiger partial charge in [0.05, 0.1) is 12.6 Å². The minimum atomic E-state index is 0.0641. The van der Waals surface area contributed by atoms with Crippen molar-refractivity contribution in [1.29, 1.82) is 0 Å². The summed E-state index contributed by atoms with van der Waals surface area (Å²) in [7, 11) is 3.56. The average Bonchev–Trinajstić information content (AvgIpc) is 2.58. The molecule has 0 unspecified atom stereocenters. The Bertz CT molecular complexity index is 838. The molecule has 0 bridgehead atoms. The Morgan fingerprint density at radius 3 is 2.32 bits per heavy atom. The molecule has 0 spiro atoms.